The minimum Gasteiger partial charge on any atom is -0.479 e. The zero-order valence-corrected chi connectivity index (χ0v) is 15.5. The van der Waals surface area contributed by atoms with Crippen molar-refractivity contribution in [3.05, 3.63) is 52.5 Å². The molecule has 1 heterocycles. The Morgan fingerprint density at radius 2 is 2.08 bits per heavy atom. The van der Waals surface area contributed by atoms with E-state index < -0.39 is 6.10 Å². The van der Waals surface area contributed by atoms with Crippen molar-refractivity contribution >= 4 is 39.2 Å². The smallest absolute Gasteiger partial charge is 0.321 e. The van der Waals surface area contributed by atoms with E-state index in [0.29, 0.717) is 23.7 Å². The highest BCUT2D eigenvalue weighted by atomic mass is 79.9. The van der Waals surface area contributed by atoms with Crippen LogP contribution in [0, 0.1) is 0 Å². The minimum absolute atomic E-state index is 0.206. The summed E-state index contributed by atoms with van der Waals surface area (Å²) in [6, 6.07) is 12.7. The summed E-state index contributed by atoms with van der Waals surface area (Å²) in [5.74, 6) is 0.383. The molecule has 6 nitrogen and oxygen atoms in total. The van der Waals surface area contributed by atoms with Crippen LogP contribution in [0.15, 0.2) is 46.9 Å². The Labute approximate surface area is 154 Å². The molecule has 0 saturated heterocycles. The van der Waals surface area contributed by atoms with Crippen molar-refractivity contribution in [2.24, 2.45) is 0 Å². The molecular weight excluding hydrogens is 386 g/mol. The molecule has 0 bridgehead atoms. The second-order valence-corrected chi connectivity index (χ2v) is 6.69. The molecule has 0 fully saturated rings. The molecule has 2 aromatic rings. The average molecular weight is 404 g/mol. The second kappa shape index (κ2) is 7.14. The van der Waals surface area contributed by atoms with Crippen LogP contribution in [0.25, 0.3) is 0 Å². The average Bonchev–Trinajstić information content (AvgIpc) is 2.58. The predicted octanol–water partition coefficient (Wildman–Crippen LogP) is 3.83. The monoisotopic (exact) mass is 403 g/mol. The third kappa shape index (κ3) is 3.93. The third-order valence-electron chi connectivity index (χ3n) is 3.87. The summed E-state index contributed by atoms with van der Waals surface area (Å²) in [4.78, 5) is 25.7. The van der Waals surface area contributed by atoms with Crippen molar-refractivity contribution in [2.75, 3.05) is 17.7 Å². The van der Waals surface area contributed by atoms with Gasteiger partial charge < -0.3 is 20.3 Å². The fourth-order valence-electron chi connectivity index (χ4n) is 2.46. The number of hydrogen-bond acceptors (Lipinski definition) is 3. The molecule has 3 amide bonds. The lowest BCUT2D eigenvalue weighted by Crippen LogP contribution is -2.34. The SMILES string of the molecule is C[C@H]1Oc2ccc(NC(=O)N(C)Cc3ccccc3Br)cc2NC1=O. The highest BCUT2D eigenvalue weighted by Crippen LogP contribution is 2.32. The molecule has 25 heavy (non-hydrogen) atoms. The first-order valence-electron chi connectivity index (χ1n) is 7.81. The van der Waals surface area contributed by atoms with E-state index in [2.05, 4.69) is 26.6 Å². The summed E-state index contributed by atoms with van der Waals surface area (Å²) in [5.41, 5.74) is 2.15. The second-order valence-electron chi connectivity index (χ2n) is 5.84. The summed E-state index contributed by atoms with van der Waals surface area (Å²) in [6.07, 6.45) is -0.525. The van der Waals surface area contributed by atoms with Crippen LogP contribution in [0.4, 0.5) is 16.2 Å². The number of urea groups is 1. The number of nitrogens with one attached hydrogen (secondary N) is 2. The van der Waals surface area contributed by atoms with Gasteiger partial charge in [-0.15, -0.1) is 0 Å². The van der Waals surface area contributed by atoms with E-state index in [1.807, 2.05) is 24.3 Å². The number of carbonyl (C=O) groups excluding carboxylic acids is 2. The van der Waals surface area contributed by atoms with Gasteiger partial charge in [0, 0.05) is 23.8 Å². The number of benzene rings is 2. The van der Waals surface area contributed by atoms with Crippen LogP contribution in [0.5, 0.6) is 5.75 Å². The normalized spacial score (nSPS) is 15.6. The predicted molar refractivity (Wildman–Crippen MR) is 99.8 cm³/mol. The minimum atomic E-state index is -0.525. The molecule has 0 saturated carbocycles. The van der Waals surface area contributed by atoms with Crippen molar-refractivity contribution in [3.63, 3.8) is 0 Å². The number of carbonyl (C=O) groups is 2. The molecular formula is C18H18BrN3O3. The molecule has 0 unspecified atom stereocenters. The fraction of sp³-hybridized carbons (Fsp3) is 0.222. The van der Waals surface area contributed by atoms with Gasteiger partial charge in [0.2, 0.25) is 0 Å². The van der Waals surface area contributed by atoms with Crippen LogP contribution in [0.2, 0.25) is 0 Å². The first kappa shape index (κ1) is 17.3. The summed E-state index contributed by atoms with van der Waals surface area (Å²) >= 11 is 3.48. The maximum Gasteiger partial charge on any atom is 0.321 e. The van der Waals surface area contributed by atoms with Crippen LogP contribution in [0.1, 0.15) is 12.5 Å². The standard InChI is InChI=1S/C18H18BrN3O3/c1-11-17(23)21-15-9-13(7-8-16(15)25-11)20-18(24)22(2)10-12-5-3-4-6-14(12)19/h3-9,11H,10H2,1-2H3,(H,20,24)(H,21,23)/t11-/m1/s1. The van der Waals surface area contributed by atoms with Gasteiger partial charge in [0.25, 0.3) is 5.91 Å². The molecule has 130 valence electrons. The molecule has 2 N–H and O–H groups in total. The number of halogens is 1. The highest BCUT2D eigenvalue weighted by molar-refractivity contribution is 9.10. The van der Waals surface area contributed by atoms with E-state index in [0.717, 1.165) is 10.0 Å². The van der Waals surface area contributed by atoms with Crippen LogP contribution in [-0.2, 0) is 11.3 Å². The quantitative estimate of drug-likeness (QED) is 0.817. The van der Waals surface area contributed by atoms with Gasteiger partial charge >= 0.3 is 6.03 Å². The molecule has 2 aromatic carbocycles. The fourth-order valence-corrected chi connectivity index (χ4v) is 2.87. The van der Waals surface area contributed by atoms with E-state index in [4.69, 9.17) is 4.74 Å². The lowest BCUT2D eigenvalue weighted by atomic mass is 10.2. The lowest BCUT2D eigenvalue weighted by molar-refractivity contribution is -0.122. The van der Waals surface area contributed by atoms with Gasteiger partial charge in [-0.3, -0.25) is 4.79 Å². The van der Waals surface area contributed by atoms with Crippen LogP contribution in [0.3, 0.4) is 0 Å². The maximum atomic E-state index is 12.4. The zero-order valence-electron chi connectivity index (χ0n) is 13.9. The van der Waals surface area contributed by atoms with Gasteiger partial charge in [-0.1, -0.05) is 34.1 Å². The first-order chi connectivity index (χ1) is 11.9. The van der Waals surface area contributed by atoms with Crippen LogP contribution < -0.4 is 15.4 Å². The van der Waals surface area contributed by atoms with E-state index in [-0.39, 0.29) is 11.9 Å². The Kier molecular flexibility index (Phi) is 4.94. The van der Waals surface area contributed by atoms with E-state index in [1.54, 1.807) is 37.1 Å². The van der Waals surface area contributed by atoms with Crippen molar-refractivity contribution in [1.82, 2.24) is 4.90 Å². The van der Waals surface area contributed by atoms with Gasteiger partial charge in [0.05, 0.1) is 5.69 Å². The Morgan fingerprint density at radius 3 is 2.84 bits per heavy atom. The Balaban J connectivity index is 1.68. The van der Waals surface area contributed by atoms with Crippen molar-refractivity contribution in [2.45, 2.75) is 19.6 Å². The number of rotatable bonds is 3. The molecule has 3 rings (SSSR count). The number of nitrogens with zero attached hydrogens (tertiary/aromatic N) is 1. The van der Waals surface area contributed by atoms with Gasteiger partial charge in [0.1, 0.15) is 5.75 Å². The number of hydrogen-bond donors (Lipinski definition) is 2. The molecule has 7 heteroatoms. The number of anilines is 2. The number of fused-ring (bicyclic) bond motifs is 1. The van der Waals surface area contributed by atoms with Crippen molar-refractivity contribution in [3.8, 4) is 5.75 Å². The third-order valence-corrected chi connectivity index (χ3v) is 4.65. The van der Waals surface area contributed by atoms with E-state index in [1.165, 1.54) is 0 Å². The van der Waals surface area contributed by atoms with Crippen molar-refractivity contribution < 1.29 is 14.3 Å². The molecule has 1 aliphatic heterocycles. The number of ether oxygens (including phenoxy) is 1. The summed E-state index contributed by atoms with van der Waals surface area (Å²) in [7, 11) is 1.72. The van der Waals surface area contributed by atoms with Crippen molar-refractivity contribution in [1.29, 1.82) is 0 Å². The number of amides is 3. The molecule has 1 aliphatic rings. The maximum absolute atomic E-state index is 12.4. The van der Waals surface area contributed by atoms with E-state index in [9.17, 15) is 9.59 Å². The largest absolute Gasteiger partial charge is 0.479 e. The molecule has 1 atom stereocenters. The summed E-state index contributed by atoms with van der Waals surface area (Å²) in [5, 5.41) is 5.59. The van der Waals surface area contributed by atoms with Gasteiger partial charge in [-0.05, 0) is 36.8 Å². The van der Waals surface area contributed by atoms with Gasteiger partial charge in [0.15, 0.2) is 6.10 Å². The van der Waals surface area contributed by atoms with Gasteiger partial charge in [-0.2, -0.15) is 0 Å². The van der Waals surface area contributed by atoms with Crippen LogP contribution in [-0.4, -0.2) is 30.0 Å². The summed E-state index contributed by atoms with van der Waals surface area (Å²) in [6.45, 7) is 2.15. The topological polar surface area (TPSA) is 70.7 Å². The Hall–Kier alpha value is -2.54. The summed E-state index contributed by atoms with van der Waals surface area (Å²) < 4.78 is 6.46. The lowest BCUT2D eigenvalue weighted by Gasteiger charge is -2.24. The highest BCUT2D eigenvalue weighted by Gasteiger charge is 2.23. The Morgan fingerprint density at radius 1 is 1.32 bits per heavy atom. The molecule has 0 aliphatic carbocycles. The molecule has 0 radical (unpaired) electrons. The van der Waals surface area contributed by atoms with Crippen LogP contribution >= 0.6 is 15.9 Å². The van der Waals surface area contributed by atoms with Gasteiger partial charge in [-0.25, -0.2) is 4.79 Å². The first-order valence-corrected chi connectivity index (χ1v) is 8.60. The Bertz CT molecular complexity index is 825. The molecule has 0 aromatic heterocycles. The van der Waals surface area contributed by atoms with E-state index >= 15 is 0 Å². The zero-order chi connectivity index (χ0) is 18.0. The molecule has 0 spiro atoms.